The smallest absolute Gasteiger partial charge is 0.293 e. The highest BCUT2D eigenvalue weighted by atomic mass is 16.5. The molecule has 0 aromatic carbocycles. The summed E-state index contributed by atoms with van der Waals surface area (Å²) in [6.07, 6.45) is 1.84. The zero-order chi connectivity index (χ0) is 15.0. The number of aryl methyl sites for hydroxylation is 1. The topological polar surface area (TPSA) is 72.4 Å². The molecule has 2 aromatic heterocycles. The van der Waals surface area contributed by atoms with E-state index in [1.54, 1.807) is 11.0 Å². The third-order valence-electron chi connectivity index (χ3n) is 3.83. The van der Waals surface area contributed by atoms with Crippen molar-refractivity contribution in [3.63, 3.8) is 0 Å². The molecule has 1 amide bonds. The quantitative estimate of drug-likeness (QED) is 0.868. The zero-order valence-corrected chi connectivity index (χ0v) is 12.5. The van der Waals surface area contributed by atoms with Crippen LogP contribution in [0.4, 0.5) is 0 Å². The molecule has 0 unspecified atom stereocenters. The van der Waals surface area contributed by atoms with Gasteiger partial charge in [0.15, 0.2) is 0 Å². The van der Waals surface area contributed by atoms with Crippen LogP contribution < -0.4 is 0 Å². The molecule has 3 heterocycles. The van der Waals surface area contributed by atoms with Crippen LogP contribution in [0.15, 0.2) is 21.2 Å². The molecular formula is C15H19N3O3. The van der Waals surface area contributed by atoms with Gasteiger partial charge in [0.25, 0.3) is 5.91 Å². The summed E-state index contributed by atoms with van der Waals surface area (Å²) in [4.78, 5) is 14.4. The molecule has 0 saturated carbocycles. The lowest BCUT2D eigenvalue weighted by atomic mass is 10.1. The van der Waals surface area contributed by atoms with E-state index in [-0.39, 0.29) is 17.9 Å². The van der Waals surface area contributed by atoms with E-state index in [1.807, 2.05) is 26.8 Å². The Morgan fingerprint density at radius 1 is 1.33 bits per heavy atom. The van der Waals surface area contributed by atoms with Crippen LogP contribution in [0.3, 0.4) is 0 Å². The Bertz CT molecular complexity index is 644. The van der Waals surface area contributed by atoms with Crippen molar-refractivity contribution in [2.75, 3.05) is 6.54 Å². The Kier molecular flexibility index (Phi) is 3.53. The van der Waals surface area contributed by atoms with Gasteiger partial charge >= 0.3 is 0 Å². The van der Waals surface area contributed by atoms with Gasteiger partial charge in [0, 0.05) is 18.7 Å². The van der Waals surface area contributed by atoms with E-state index in [9.17, 15) is 4.79 Å². The molecule has 1 aliphatic heterocycles. The van der Waals surface area contributed by atoms with Crippen LogP contribution in [-0.4, -0.2) is 27.7 Å². The molecule has 112 valence electrons. The highest BCUT2D eigenvalue weighted by molar-refractivity contribution is 5.92. The predicted molar refractivity (Wildman–Crippen MR) is 74.8 cm³/mol. The van der Waals surface area contributed by atoms with Crippen molar-refractivity contribution < 1.29 is 13.8 Å². The monoisotopic (exact) mass is 289 g/mol. The maximum absolute atomic E-state index is 12.6. The molecule has 0 aliphatic carbocycles. The molecule has 1 fully saturated rings. The first-order chi connectivity index (χ1) is 10.1. The van der Waals surface area contributed by atoms with Crippen molar-refractivity contribution in [3.8, 4) is 0 Å². The summed E-state index contributed by atoms with van der Waals surface area (Å²) in [6, 6.07) is 3.58. The van der Waals surface area contributed by atoms with Crippen LogP contribution in [0, 0.1) is 6.92 Å². The summed E-state index contributed by atoms with van der Waals surface area (Å²) in [5.41, 5.74) is 1.60. The van der Waals surface area contributed by atoms with Crippen molar-refractivity contribution in [1.82, 2.24) is 15.2 Å². The van der Waals surface area contributed by atoms with Crippen molar-refractivity contribution >= 4 is 5.91 Å². The molecule has 1 atom stereocenters. The first-order valence-electron chi connectivity index (χ1n) is 7.27. The Hall–Kier alpha value is -2.11. The van der Waals surface area contributed by atoms with Crippen molar-refractivity contribution in [2.24, 2.45) is 0 Å². The molecule has 0 N–H and O–H groups in total. The van der Waals surface area contributed by atoms with Crippen LogP contribution in [-0.2, 0) is 0 Å². The van der Waals surface area contributed by atoms with Gasteiger partial charge in [-0.25, -0.2) is 0 Å². The zero-order valence-electron chi connectivity index (χ0n) is 12.5. The maximum Gasteiger partial charge on any atom is 0.293 e. The number of amides is 1. The molecule has 21 heavy (non-hydrogen) atoms. The van der Waals surface area contributed by atoms with E-state index in [0.29, 0.717) is 12.3 Å². The fraction of sp³-hybridized carbons (Fsp3) is 0.533. The normalized spacial score (nSPS) is 18.7. The molecule has 1 saturated heterocycles. The number of hydrogen-bond donors (Lipinski definition) is 0. The second-order valence-electron chi connectivity index (χ2n) is 5.79. The lowest BCUT2D eigenvalue weighted by Gasteiger charge is -2.21. The second-order valence-corrected chi connectivity index (χ2v) is 5.79. The van der Waals surface area contributed by atoms with Gasteiger partial charge in [-0.15, -0.1) is 0 Å². The van der Waals surface area contributed by atoms with E-state index >= 15 is 0 Å². The lowest BCUT2D eigenvalue weighted by molar-refractivity contribution is 0.0688. The minimum Gasteiger partial charge on any atom is -0.361 e. The van der Waals surface area contributed by atoms with E-state index < -0.39 is 0 Å². The predicted octanol–water partition coefficient (Wildman–Crippen LogP) is 3.07. The molecule has 2 aromatic rings. The molecule has 0 bridgehead atoms. The average molecular weight is 289 g/mol. The van der Waals surface area contributed by atoms with E-state index in [2.05, 4.69) is 10.3 Å². The SMILES string of the molecule is Cc1cc([C@H]2CCCN2C(=O)c2cc(C(C)C)no2)no1. The highest BCUT2D eigenvalue weighted by Crippen LogP contribution is 2.33. The van der Waals surface area contributed by atoms with Gasteiger partial charge in [-0.2, -0.15) is 0 Å². The number of hydrogen-bond acceptors (Lipinski definition) is 5. The Labute approximate surface area is 123 Å². The molecule has 0 spiro atoms. The summed E-state index contributed by atoms with van der Waals surface area (Å²) < 4.78 is 10.3. The molecule has 1 aliphatic rings. The van der Waals surface area contributed by atoms with Crippen LogP contribution in [0.25, 0.3) is 0 Å². The summed E-state index contributed by atoms with van der Waals surface area (Å²) in [7, 11) is 0. The van der Waals surface area contributed by atoms with Crippen molar-refractivity contribution in [3.05, 3.63) is 35.0 Å². The van der Waals surface area contributed by atoms with Gasteiger partial charge in [0.1, 0.15) is 11.5 Å². The van der Waals surface area contributed by atoms with Gasteiger partial charge in [0.2, 0.25) is 5.76 Å². The first-order valence-corrected chi connectivity index (χ1v) is 7.27. The van der Waals surface area contributed by atoms with E-state index in [0.717, 1.165) is 30.0 Å². The van der Waals surface area contributed by atoms with E-state index in [1.165, 1.54) is 0 Å². The molecular weight excluding hydrogens is 270 g/mol. The maximum atomic E-state index is 12.6. The summed E-state index contributed by atoms with van der Waals surface area (Å²) >= 11 is 0. The fourth-order valence-corrected chi connectivity index (χ4v) is 2.66. The van der Waals surface area contributed by atoms with Crippen LogP contribution in [0.2, 0.25) is 0 Å². The van der Waals surface area contributed by atoms with Crippen molar-refractivity contribution in [2.45, 2.75) is 45.6 Å². The summed E-state index contributed by atoms with van der Waals surface area (Å²) in [5, 5.41) is 8.00. The minimum atomic E-state index is -0.127. The number of carbonyl (C=O) groups is 1. The average Bonchev–Trinajstić information content (AvgIpc) is 3.17. The van der Waals surface area contributed by atoms with Gasteiger partial charge in [-0.3, -0.25) is 4.79 Å². The number of nitrogens with zero attached hydrogens (tertiary/aromatic N) is 3. The van der Waals surface area contributed by atoms with E-state index in [4.69, 9.17) is 9.05 Å². The number of rotatable bonds is 3. The minimum absolute atomic E-state index is 0.0393. The van der Waals surface area contributed by atoms with Gasteiger partial charge in [0.05, 0.1) is 11.7 Å². The number of carbonyl (C=O) groups excluding carboxylic acids is 1. The third kappa shape index (κ3) is 2.57. The van der Waals surface area contributed by atoms with Crippen LogP contribution in [0.5, 0.6) is 0 Å². The third-order valence-corrected chi connectivity index (χ3v) is 3.83. The van der Waals surface area contributed by atoms with Gasteiger partial charge in [-0.05, 0) is 25.7 Å². The van der Waals surface area contributed by atoms with Crippen LogP contribution in [0.1, 0.15) is 66.4 Å². The molecule has 0 radical (unpaired) electrons. The first kappa shape index (κ1) is 13.9. The second kappa shape index (κ2) is 5.35. The number of likely N-dealkylation sites (tertiary alicyclic amines) is 1. The molecule has 6 nitrogen and oxygen atoms in total. The summed E-state index contributed by atoms with van der Waals surface area (Å²) in [6.45, 7) is 6.59. The lowest BCUT2D eigenvalue weighted by Crippen LogP contribution is -2.30. The Morgan fingerprint density at radius 3 is 2.76 bits per heavy atom. The molecule has 6 heteroatoms. The number of aromatic nitrogens is 2. The Balaban J connectivity index is 1.82. The fourth-order valence-electron chi connectivity index (χ4n) is 2.66. The molecule has 3 rings (SSSR count). The summed E-state index contributed by atoms with van der Waals surface area (Å²) in [5.74, 6) is 1.16. The van der Waals surface area contributed by atoms with Gasteiger partial charge < -0.3 is 13.9 Å². The van der Waals surface area contributed by atoms with Crippen LogP contribution >= 0.6 is 0 Å². The standard InChI is InChI=1S/C15H19N3O3/c1-9(2)11-8-14(21-16-11)15(19)18-6-4-5-13(18)12-7-10(3)20-17-12/h7-9,13H,4-6H2,1-3H3/t13-/m1/s1. The van der Waals surface area contributed by atoms with Gasteiger partial charge in [-0.1, -0.05) is 24.2 Å². The highest BCUT2D eigenvalue weighted by Gasteiger charge is 2.34. The Morgan fingerprint density at radius 2 is 2.14 bits per heavy atom. The largest absolute Gasteiger partial charge is 0.361 e. The van der Waals surface area contributed by atoms with Crippen molar-refractivity contribution in [1.29, 1.82) is 0 Å².